The van der Waals surface area contributed by atoms with Crippen molar-refractivity contribution in [2.75, 3.05) is 13.2 Å². The van der Waals surface area contributed by atoms with Crippen LogP contribution < -0.4 is 20.3 Å². The number of nitrogens with one attached hydrogen (secondary N) is 2. The maximum absolute atomic E-state index is 12.4. The molecule has 0 fully saturated rings. The molecule has 0 saturated heterocycles. The summed E-state index contributed by atoms with van der Waals surface area (Å²) < 4.78 is 11.0. The molecular formula is C22H28N2O4. The third-order valence-electron chi connectivity index (χ3n) is 4.11. The van der Waals surface area contributed by atoms with E-state index in [1.54, 1.807) is 30.3 Å². The van der Waals surface area contributed by atoms with Gasteiger partial charge in [-0.05, 0) is 55.2 Å². The van der Waals surface area contributed by atoms with E-state index in [9.17, 15) is 9.59 Å². The van der Waals surface area contributed by atoms with Crippen LogP contribution in [0.4, 0.5) is 0 Å². The lowest BCUT2D eigenvalue weighted by atomic mass is 9.87. The predicted octanol–water partition coefficient (Wildman–Crippen LogP) is 3.86. The Morgan fingerprint density at radius 2 is 1.29 bits per heavy atom. The van der Waals surface area contributed by atoms with Crippen molar-refractivity contribution in [3.8, 4) is 11.5 Å². The van der Waals surface area contributed by atoms with Gasteiger partial charge < -0.3 is 9.47 Å². The Hall–Kier alpha value is -3.02. The second kappa shape index (κ2) is 9.26. The largest absolute Gasteiger partial charge is 0.490 e. The first-order chi connectivity index (χ1) is 13.3. The number of carbonyl (C=O) groups is 2. The van der Waals surface area contributed by atoms with Crippen LogP contribution in [0.5, 0.6) is 11.5 Å². The SMILES string of the molecule is CCOc1ccc(C(=O)NNC(=O)c2ccc(C(C)(C)C)cc2)cc1OCC. The summed E-state index contributed by atoms with van der Waals surface area (Å²) in [6.45, 7) is 11.0. The third-order valence-corrected chi connectivity index (χ3v) is 4.11. The summed E-state index contributed by atoms with van der Waals surface area (Å²) in [5.41, 5.74) is 6.83. The normalized spacial score (nSPS) is 10.9. The van der Waals surface area contributed by atoms with Gasteiger partial charge in [0, 0.05) is 11.1 Å². The zero-order valence-electron chi connectivity index (χ0n) is 17.1. The highest BCUT2D eigenvalue weighted by atomic mass is 16.5. The number of amides is 2. The van der Waals surface area contributed by atoms with E-state index in [0.717, 1.165) is 5.56 Å². The molecule has 0 saturated carbocycles. The van der Waals surface area contributed by atoms with Gasteiger partial charge in [0.05, 0.1) is 13.2 Å². The van der Waals surface area contributed by atoms with Gasteiger partial charge in [-0.3, -0.25) is 20.4 Å². The summed E-state index contributed by atoms with van der Waals surface area (Å²) in [4.78, 5) is 24.6. The second-order valence-corrected chi connectivity index (χ2v) is 7.26. The fourth-order valence-corrected chi connectivity index (χ4v) is 2.57. The van der Waals surface area contributed by atoms with E-state index in [0.29, 0.717) is 35.8 Å². The molecule has 28 heavy (non-hydrogen) atoms. The Morgan fingerprint density at radius 3 is 1.82 bits per heavy atom. The van der Waals surface area contributed by atoms with Gasteiger partial charge in [0.1, 0.15) is 0 Å². The van der Waals surface area contributed by atoms with E-state index in [4.69, 9.17) is 9.47 Å². The van der Waals surface area contributed by atoms with E-state index in [2.05, 4.69) is 31.6 Å². The van der Waals surface area contributed by atoms with E-state index in [1.165, 1.54) is 0 Å². The third kappa shape index (κ3) is 5.49. The van der Waals surface area contributed by atoms with E-state index in [-0.39, 0.29) is 11.3 Å². The van der Waals surface area contributed by atoms with Crippen LogP contribution in [0.3, 0.4) is 0 Å². The van der Waals surface area contributed by atoms with Crippen LogP contribution in [0.1, 0.15) is 60.9 Å². The van der Waals surface area contributed by atoms with Crippen LogP contribution in [0, 0.1) is 0 Å². The number of ether oxygens (including phenoxy) is 2. The van der Waals surface area contributed by atoms with Gasteiger partial charge in [0.15, 0.2) is 11.5 Å². The lowest BCUT2D eigenvalue weighted by Gasteiger charge is -2.19. The van der Waals surface area contributed by atoms with Crippen LogP contribution in [0.25, 0.3) is 0 Å². The maximum atomic E-state index is 12.4. The van der Waals surface area contributed by atoms with Crippen molar-refractivity contribution in [3.05, 3.63) is 59.2 Å². The standard InChI is InChI=1S/C22H28N2O4/c1-6-27-18-13-10-16(14-19(18)28-7-2)21(26)24-23-20(25)15-8-11-17(12-9-15)22(3,4)5/h8-14H,6-7H2,1-5H3,(H,23,25)(H,24,26). The highest BCUT2D eigenvalue weighted by molar-refractivity contribution is 5.99. The van der Waals surface area contributed by atoms with E-state index < -0.39 is 5.91 Å². The zero-order valence-corrected chi connectivity index (χ0v) is 17.1. The second-order valence-electron chi connectivity index (χ2n) is 7.26. The number of hydrogen-bond donors (Lipinski definition) is 2. The molecule has 0 aliphatic rings. The summed E-state index contributed by atoms with van der Waals surface area (Å²) >= 11 is 0. The molecule has 2 aromatic rings. The molecule has 150 valence electrons. The highest BCUT2D eigenvalue weighted by Crippen LogP contribution is 2.28. The Labute approximate surface area is 166 Å². The molecule has 0 bridgehead atoms. The Morgan fingerprint density at radius 1 is 0.786 bits per heavy atom. The topological polar surface area (TPSA) is 76.7 Å². The number of rotatable bonds is 6. The fourth-order valence-electron chi connectivity index (χ4n) is 2.57. The van der Waals surface area contributed by atoms with Gasteiger partial charge in [-0.1, -0.05) is 32.9 Å². The molecule has 0 aliphatic heterocycles. The predicted molar refractivity (Wildman–Crippen MR) is 109 cm³/mol. The molecule has 0 radical (unpaired) electrons. The van der Waals surface area contributed by atoms with Gasteiger partial charge in [-0.25, -0.2) is 0 Å². The number of hydrogen-bond acceptors (Lipinski definition) is 4. The monoisotopic (exact) mass is 384 g/mol. The molecule has 2 amide bonds. The first kappa shape index (κ1) is 21.3. The summed E-state index contributed by atoms with van der Waals surface area (Å²) in [6, 6.07) is 12.2. The maximum Gasteiger partial charge on any atom is 0.269 e. The molecule has 0 unspecified atom stereocenters. The van der Waals surface area contributed by atoms with Crippen LogP contribution in [0.15, 0.2) is 42.5 Å². The minimum atomic E-state index is -0.441. The molecule has 0 aromatic heterocycles. The van der Waals surface area contributed by atoms with Gasteiger partial charge >= 0.3 is 0 Å². The van der Waals surface area contributed by atoms with Crippen LogP contribution in [0.2, 0.25) is 0 Å². The lowest BCUT2D eigenvalue weighted by molar-refractivity contribution is 0.0846. The van der Waals surface area contributed by atoms with Crippen molar-refractivity contribution >= 4 is 11.8 Å². The van der Waals surface area contributed by atoms with Crippen molar-refractivity contribution < 1.29 is 19.1 Å². The first-order valence-electron chi connectivity index (χ1n) is 9.37. The Bertz CT molecular complexity index is 823. The van der Waals surface area contributed by atoms with Crippen LogP contribution in [-0.4, -0.2) is 25.0 Å². The fraction of sp³-hybridized carbons (Fsp3) is 0.364. The number of hydrazine groups is 1. The minimum absolute atomic E-state index is 0.00907. The average molecular weight is 384 g/mol. The Balaban J connectivity index is 2.03. The minimum Gasteiger partial charge on any atom is -0.490 e. The molecule has 2 N–H and O–H groups in total. The zero-order chi connectivity index (χ0) is 20.7. The van der Waals surface area contributed by atoms with Crippen molar-refractivity contribution in [3.63, 3.8) is 0 Å². The van der Waals surface area contributed by atoms with E-state index >= 15 is 0 Å². The summed E-state index contributed by atoms with van der Waals surface area (Å²) in [6.07, 6.45) is 0. The highest BCUT2D eigenvalue weighted by Gasteiger charge is 2.15. The van der Waals surface area contributed by atoms with E-state index in [1.807, 2.05) is 26.0 Å². The van der Waals surface area contributed by atoms with Gasteiger partial charge in [-0.2, -0.15) is 0 Å². The molecule has 2 aromatic carbocycles. The quantitative estimate of drug-likeness (QED) is 0.742. The summed E-state index contributed by atoms with van der Waals surface area (Å²) in [5, 5.41) is 0. The van der Waals surface area contributed by atoms with Gasteiger partial charge in [0.25, 0.3) is 11.8 Å². The molecular weight excluding hydrogens is 356 g/mol. The van der Waals surface area contributed by atoms with Crippen molar-refractivity contribution in [1.29, 1.82) is 0 Å². The van der Waals surface area contributed by atoms with Crippen LogP contribution >= 0.6 is 0 Å². The smallest absolute Gasteiger partial charge is 0.269 e. The molecule has 6 heteroatoms. The molecule has 6 nitrogen and oxygen atoms in total. The number of benzene rings is 2. The Kier molecular flexibility index (Phi) is 7.04. The van der Waals surface area contributed by atoms with Crippen molar-refractivity contribution in [2.24, 2.45) is 0 Å². The molecule has 0 heterocycles. The molecule has 2 rings (SSSR count). The molecule has 0 spiro atoms. The molecule has 0 atom stereocenters. The number of carbonyl (C=O) groups excluding carboxylic acids is 2. The van der Waals surface area contributed by atoms with Gasteiger partial charge in [0.2, 0.25) is 0 Å². The lowest BCUT2D eigenvalue weighted by Crippen LogP contribution is -2.41. The van der Waals surface area contributed by atoms with Crippen molar-refractivity contribution in [1.82, 2.24) is 10.9 Å². The summed E-state index contributed by atoms with van der Waals surface area (Å²) in [7, 11) is 0. The van der Waals surface area contributed by atoms with Gasteiger partial charge in [-0.15, -0.1) is 0 Å². The van der Waals surface area contributed by atoms with Crippen molar-refractivity contribution in [2.45, 2.75) is 40.0 Å². The average Bonchev–Trinajstić information content (AvgIpc) is 2.67. The molecule has 0 aliphatic carbocycles. The summed E-state index contributed by atoms with van der Waals surface area (Å²) in [5.74, 6) is 0.235. The first-order valence-corrected chi connectivity index (χ1v) is 9.37. The van der Waals surface area contributed by atoms with Crippen LogP contribution in [-0.2, 0) is 5.41 Å².